The van der Waals surface area contributed by atoms with Crippen molar-refractivity contribution < 1.29 is 9.84 Å². The van der Waals surface area contributed by atoms with Gasteiger partial charge in [-0.25, -0.2) is 4.98 Å². The van der Waals surface area contributed by atoms with E-state index in [4.69, 9.17) is 9.84 Å². The second-order valence-electron chi connectivity index (χ2n) is 3.24. The quantitative estimate of drug-likeness (QED) is 0.840. The summed E-state index contributed by atoms with van der Waals surface area (Å²) in [7, 11) is 0. The fourth-order valence-corrected chi connectivity index (χ4v) is 1.59. The maximum Gasteiger partial charge on any atom is 0.106 e. The zero-order valence-electron chi connectivity index (χ0n) is 8.66. The molecule has 1 aromatic heterocycles. The maximum absolute atomic E-state index is 8.56. The molecule has 1 N–H and O–H groups in total. The van der Waals surface area contributed by atoms with Crippen LogP contribution < -0.4 is 0 Å². The Kier molecular flexibility index (Phi) is 6.55. The molecule has 0 atom stereocenters. The Morgan fingerprint density at radius 3 is 2.53 bits per heavy atom. The summed E-state index contributed by atoms with van der Waals surface area (Å²) in [5, 5.41) is 8.56. The summed E-state index contributed by atoms with van der Waals surface area (Å²) < 4.78 is 5.76. The zero-order valence-corrected chi connectivity index (χ0v) is 10.2. The highest BCUT2D eigenvalue weighted by Gasteiger charge is 1.94. The van der Waals surface area contributed by atoms with Gasteiger partial charge in [0.15, 0.2) is 0 Å². The number of pyridine rings is 1. The third kappa shape index (κ3) is 5.87. The molecule has 0 saturated carbocycles. The molecule has 15 heavy (non-hydrogen) atoms. The Bertz CT molecular complexity index is 269. The molecule has 2 heterocycles. The van der Waals surface area contributed by atoms with E-state index in [0.717, 1.165) is 23.5 Å². The molecule has 0 spiro atoms. The Balaban J connectivity index is 0.000000187. The minimum Gasteiger partial charge on any atom is -0.396 e. The average molecular weight is 274 g/mol. The predicted octanol–water partition coefficient (Wildman–Crippen LogP) is 2.18. The SMILES string of the molecule is C1CCOC1.OCCc1cccc(Br)n1. The van der Waals surface area contributed by atoms with E-state index in [-0.39, 0.29) is 6.61 Å². The Morgan fingerprint density at radius 2 is 2.07 bits per heavy atom. The lowest BCUT2D eigenvalue weighted by molar-refractivity contribution is 0.198. The molecule has 0 amide bonds. The molecule has 1 aromatic rings. The summed E-state index contributed by atoms with van der Waals surface area (Å²) in [4.78, 5) is 4.12. The number of aliphatic hydroxyl groups is 1. The van der Waals surface area contributed by atoms with Crippen LogP contribution in [0.1, 0.15) is 18.5 Å². The lowest BCUT2D eigenvalue weighted by Crippen LogP contribution is -1.93. The highest BCUT2D eigenvalue weighted by Crippen LogP contribution is 2.05. The molecule has 4 heteroatoms. The molecule has 2 rings (SSSR count). The lowest BCUT2D eigenvalue weighted by atomic mass is 10.3. The standard InChI is InChI=1S/C7H8BrNO.C4H8O/c8-7-3-1-2-6(9-7)4-5-10;1-2-4-5-3-1/h1-3,10H,4-5H2;1-4H2. The topological polar surface area (TPSA) is 42.4 Å². The van der Waals surface area contributed by atoms with Gasteiger partial charge in [0.25, 0.3) is 0 Å². The van der Waals surface area contributed by atoms with Crippen molar-refractivity contribution in [1.82, 2.24) is 4.98 Å². The summed E-state index contributed by atoms with van der Waals surface area (Å²) in [6.45, 7) is 2.16. The van der Waals surface area contributed by atoms with Crippen molar-refractivity contribution in [3.8, 4) is 0 Å². The third-order valence-electron chi connectivity index (χ3n) is 1.97. The second kappa shape index (κ2) is 7.79. The first-order valence-electron chi connectivity index (χ1n) is 5.13. The van der Waals surface area contributed by atoms with Gasteiger partial charge in [-0.1, -0.05) is 6.07 Å². The number of rotatable bonds is 2. The largest absolute Gasteiger partial charge is 0.396 e. The minimum absolute atomic E-state index is 0.156. The number of nitrogens with zero attached hydrogens (tertiary/aromatic N) is 1. The lowest BCUT2D eigenvalue weighted by Gasteiger charge is -1.95. The molecule has 1 saturated heterocycles. The van der Waals surface area contributed by atoms with Crippen LogP contribution in [0.4, 0.5) is 0 Å². The molecule has 0 unspecified atom stereocenters. The van der Waals surface area contributed by atoms with E-state index in [1.807, 2.05) is 18.2 Å². The van der Waals surface area contributed by atoms with Crippen LogP contribution in [0.5, 0.6) is 0 Å². The van der Waals surface area contributed by atoms with Gasteiger partial charge in [-0.15, -0.1) is 0 Å². The Hall–Kier alpha value is -0.450. The summed E-state index contributed by atoms with van der Waals surface area (Å²) in [5.41, 5.74) is 0.914. The van der Waals surface area contributed by atoms with E-state index in [2.05, 4.69) is 20.9 Å². The van der Waals surface area contributed by atoms with Crippen molar-refractivity contribution in [1.29, 1.82) is 0 Å². The van der Waals surface area contributed by atoms with E-state index in [1.165, 1.54) is 12.8 Å². The van der Waals surface area contributed by atoms with Crippen LogP contribution in [0, 0.1) is 0 Å². The fourth-order valence-electron chi connectivity index (χ4n) is 1.21. The van der Waals surface area contributed by atoms with E-state index < -0.39 is 0 Å². The van der Waals surface area contributed by atoms with Gasteiger partial charge < -0.3 is 9.84 Å². The monoisotopic (exact) mass is 273 g/mol. The van der Waals surface area contributed by atoms with Crippen LogP contribution in [0.25, 0.3) is 0 Å². The van der Waals surface area contributed by atoms with Crippen LogP contribution in [0.15, 0.2) is 22.8 Å². The number of ether oxygens (including phenoxy) is 1. The van der Waals surface area contributed by atoms with Gasteiger partial charge in [0.1, 0.15) is 4.60 Å². The smallest absolute Gasteiger partial charge is 0.106 e. The molecule has 0 aliphatic carbocycles. The van der Waals surface area contributed by atoms with Gasteiger partial charge in [-0.05, 0) is 40.9 Å². The number of halogens is 1. The average Bonchev–Trinajstić information content (AvgIpc) is 2.76. The second-order valence-corrected chi connectivity index (χ2v) is 4.06. The van der Waals surface area contributed by atoms with Gasteiger partial charge in [0.2, 0.25) is 0 Å². The van der Waals surface area contributed by atoms with E-state index in [0.29, 0.717) is 6.42 Å². The first kappa shape index (κ1) is 12.6. The number of aromatic nitrogens is 1. The molecule has 1 aliphatic heterocycles. The summed E-state index contributed by atoms with van der Waals surface area (Å²) in [6.07, 6.45) is 3.18. The molecule has 0 bridgehead atoms. The van der Waals surface area contributed by atoms with E-state index in [9.17, 15) is 0 Å². The number of hydrogen-bond donors (Lipinski definition) is 1. The number of hydrogen-bond acceptors (Lipinski definition) is 3. The first-order valence-corrected chi connectivity index (χ1v) is 5.92. The zero-order chi connectivity index (χ0) is 10.9. The van der Waals surface area contributed by atoms with Crippen molar-refractivity contribution >= 4 is 15.9 Å². The van der Waals surface area contributed by atoms with Crippen LogP contribution in [0.3, 0.4) is 0 Å². The highest BCUT2D eigenvalue weighted by atomic mass is 79.9. The first-order chi connectivity index (χ1) is 7.33. The van der Waals surface area contributed by atoms with Crippen molar-refractivity contribution in [3.05, 3.63) is 28.5 Å². The van der Waals surface area contributed by atoms with E-state index >= 15 is 0 Å². The van der Waals surface area contributed by atoms with Crippen molar-refractivity contribution in [2.24, 2.45) is 0 Å². The molecular formula is C11H16BrNO2. The van der Waals surface area contributed by atoms with Gasteiger partial charge in [-0.2, -0.15) is 0 Å². The molecule has 1 fully saturated rings. The molecule has 0 radical (unpaired) electrons. The van der Waals surface area contributed by atoms with Crippen LogP contribution in [-0.2, 0) is 11.2 Å². The molecule has 3 nitrogen and oxygen atoms in total. The summed E-state index contributed by atoms with van der Waals surface area (Å²) >= 11 is 3.24. The summed E-state index contributed by atoms with van der Waals surface area (Å²) in [5.74, 6) is 0. The van der Waals surface area contributed by atoms with Crippen molar-refractivity contribution in [2.45, 2.75) is 19.3 Å². The highest BCUT2D eigenvalue weighted by molar-refractivity contribution is 9.10. The van der Waals surface area contributed by atoms with Gasteiger partial charge >= 0.3 is 0 Å². The van der Waals surface area contributed by atoms with Gasteiger partial charge in [0, 0.05) is 31.9 Å². The molecule has 0 aromatic carbocycles. The van der Waals surface area contributed by atoms with Crippen LogP contribution in [-0.4, -0.2) is 29.9 Å². The Morgan fingerprint density at radius 1 is 1.33 bits per heavy atom. The van der Waals surface area contributed by atoms with Crippen molar-refractivity contribution in [3.63, 3.8) is 0 Å². The molecule has 84 valence electrons. The normalized spacial score (nSPS) is 14.5. The summed E-state index contributed by atoms with van der Waals surface area (Å²) in [6, 6.07) is 5.66. The number of aliphatic hydroxyl groups excluding tert-OH is 1. The third-order valence-corrected chi connectivity index (χ3v) is 2.41. The van der Waals surface area contributed by atoms with E-state index in [1.54, 1.807) is 0 Å². The molecule has 1 aliphatic rings. The fraction of sp³-hybridized carbons (Fsp3) is 0.545. The van der Waals surface area contributed by atoms with Crippen LogP contribution >= 0.6 is 15.9 Å². The van der Waals surface area contributed by atoms with Crippen molar-refractivity contribution in [2.75, 3.05) is 19.8 Å². The predicted molar refractivity (Wildman–Crippen MR) is 62.8 cm³/mol. The van der Waals surface area contributed by atoms with Crippen LogP contribution in [0.2, 0.25) is 0 Å². The van der Waals surface area contributed by atoms with Gasteiger partial charge in [-0.3, -0.25) is 0 Å². The van der Waals surface area contributed by atoms with Gasteiger partial charge in [0.05, 0.1) is 0 Å². The Labute approximate surface area is 98.6 Å². The maximum atomic E-state index is 8.56. The molecular weight excluding hydrogens is 258 g/mol. The minimum atomic E-state index is 0.156.